The van der Waals surface area contributed by atoms with Crippen molar-refractivity contribution in [3.63, 3.8) is 0 Å². The lowest BCUT2D eigenvalue weighted by Gasteiger charge is -2.43. The van der Waals surface area contributed by atoms with E-state index in [1.165, 1.54) is 0 Å². The third kappa shape index (κ3) is 8.06. The van der Waals surface area contributed by atoms with Crippen molar-refractivity contribution in [1.82, 2.24) is 4.72 Å². The molecule has 0 aliphatic heterocycles. The first-order chi connectivity index (χ1) is 12.6. The fourth-order valence-electron chi connectivity index (χ4n) is 3.04. The minimum atomic E-state index is -3.61. The molecule has 1 atom stereocenters. The Balaban J connectivity index is 5.02. The molecule has 0 heterocycles. The molecule has 0 aliphatic rings. The number of carbonyl (C=O) groups is 1. The van der Waals surface area contributed by atoms with E-state index < -0.39 is 42.7 Å². The molecular weight excluding hydrogens is 413 g/mol. The van der Waals surface area contributed by atoms with Crippen LogP contribution < -0.4 is 4.72 Å². The van der Waals surface area contributed by atoms with E-state index in [4.69, 9.17) is 9.26 Å². The number of hydrogen-bond acceptors (Lipinski definition) is 5. The predicted molar refractivity (Wildman–Crippen MR) is 120 cm³/mol. The Morgan fingerprint density at radius 2 is 1.48 bits per heavy atom. The van der Waals surface area contributed by atoms with Crippen LogP contribution in [0.1, 0.15) is 82.1 Å². The van der Waals surface area contributed by atoms with Gasteiger partial charge in [-0.15, -0.1) is 0 Å². The van der Waals surface area contributed by atoms with Crippen molar-refractivity contribution in [2.75, 3.05) is 13.2 Å². The summed E-state index contributed by atoms with van der Waals surface area (Å²) in [6.45, 7) is 18.4. The maximum Gasteiger partial charge on any atom is 0.309 e. The van der Waals surface area contributed by atoms with E-state index in [-0.39, 0.29) is 6.61 Å². The van der Waals surface area contributed by atoms with Gasteiger partial charge in [0.2, 0.25) is 10.0 Å². The number of sulfonamides is 1. The summed E-state index contributed by atoms with van der Waals surface area (Å²) in [6.07, 6.45) is 1.01. The second-order valence-corrected chi connectivity index (χ2v) is 13.6. The van der Waals surface area contributed by atoms with Crippen molar-refractivity contribution >= 4 is 25.5 Å². The lowest BCUT2D eigenvalue weighted by molar-refractivity contribution is -0.157. The molecule has 2 N–H and O–H groups in total. The molecule has 0 bridgehead atoms. The third-order valence-electron chi connectivity index (χ3n) is 5.88. The van der Waals surface area contributed by atoms with Crippen LogP contribution in [-0.2, 0) is 24.1 Å². The minimum absolute atomic E-state index is 0.0566. The monoisotopic (exact) mass is 455 g/mol. The average Bonchev–Trinajstić information content (AvgIpc) is 2.43. The summed E-state index contributed by atoms with van der Waals surface area (Å²) in [5, 5.41) is 9.55. The van der Waals surface area contributed by atoms with Gasteiger partial charge in [-0.05, 0) is 73.6 Å². The lowest BCUT2D eigenvalue weighted by Crippen LogP contribution is -2.53. The van der Waals surface area contributed by atoms with Gasteiger partial charge in [0.25, 0.3) is 0 Å². The highest BCUT2D eigenvalue weighted by molar-refractivity contribution is 7.90. The standard InChI is InChI=1S/C20H42NO6PS/c1-16(2,20(9,10)15(22)23)13-18(5,6)26-12-11-17(3,4)21-29(24,25)19(7,8)14-27-28/h21H,11-14,28H2,1-10H3,(H,22,23). The van der Waals surface area contributed by atoms with E-state index in [9.17, 15) is 18.3 Å². The number of hydrogen-bond donors (Lipinski definition) is 2. The maximum atomic E-state index is 12.7. The molecule has 7 nitrogen and oxygen atoms in total. The zero-order valence-corrected chi connectivity index (χ0v) is 21.8. The summed E-state index contributed by atoms with van der Waals surface area (Å²) in [4.78, 5) is 11.6. The number of carboxylic acid groups (broad SMARTS) is 1. The van der Waals surface area contributed by atoms with Gasteiger partial charge in [-0.1, -0.05) is 13.8 Å². The van der Waals surface area contributed by atoms with Gasteiger partial charge in [-0.3, -0.25) is 4.79 Å². The molecule has 0 fully saturated rings. The van der Waals surface area contributed by atoms with Crippen LogP contribution >= 0.6 is 9.47 Å². The van der Waals surface area contributed by atoms with Gasteiger partial charge >= 0.3 is 5.97 Å². The van der Waals surface area contributed by atoms with Crippen molar-refractivity contribution in [3.8, 4) is 0 Å². The molecule has 0 saturated heterocycles. The molecule has 0 aromatic rings. The summed E-state index contributed by atoms with van der Waals surface area (Å²) in [7, 11) is -1.54. The molecule has 0 aliphatic carbocycles. The summed E-state index contributed by atoms with van der Waals surface area (Å²) >= 11 is 0. The second-order valence-electron chi connectivity index (χ2n) is 10.9. The molecule has 174 valence electrons. The number of carboxylic acids is 1. The van der Waals surface area contributed by atoms with Crippen LogP contribution in [0.4, 0.5) is 0 Å². The van der Waals surface area contributed by atoms with Gasteiger partial charge in [0.1, 0.15) is 4.75 Å². The smallest absolute Gasteiger partial charge is 0.309 e. The molecule has 0 aromatic heterocycles. The van der Waals surface area contributed by atoms with E-state index in [0.29, 0.717) is 19.4 Å². The quantitative estimate of drug-likeness (QED) is 0.407. The molecule has 9 heteroatoms. The first-order valence-corrected chi connectivity index (χ1v) is 11.8. The minimum Gasteiger partial charge on any atom is -0.481 e. The van der Waals surface area contributed by atoms with Crippen molar-refractivity contribution in [2.45, 2.75) is 98.0 Å². The SMILES string of the molecule is CC(C)(CCOC(C)(C)CC(C)(C)C(C)(C)C(=O)O)NS(=O)(=O)C(C)(C)COP. The Hall–Kier alpha value is -0.270. The molecule has 0 saturated carbocycles. The largest absolute Gasteiger partial charge is 0.481 e. The highest BCUT2D eigenvalue weighted by atomic mass is 32.2. The Morgan fingerprint density at radius 3 is 1.90 bits per heavy atom. The fraction of sp³-hybridized carbons (Fsp3) is 0.950. The van der Waals surface area contributed by atoms with Crippen LogP contribution in [0.25, 0.3) is 0 Å². The molecule has 1 unspecified atom stereocenters. The zero-order chi connectivity index (χ0) is 23.5. The van der Waals surface area contributed by atoms with E-state index in [0.717, 1.165) is 0 Å². The fourth-order valence-corrected chi connectivity index (χ4v) is 4.91. The Bertz CT molecular complexity index is 668. The summed E-state index contributed by atoms with van der Waals surface area (Å²) in [6, 6.07) is 0. The molecule has 29 heavy (non-hydrogen) atoms. The normalized spacial score (nSPS) is 14.9. The Morgan fingerprint density at radius 1 is 1.00 bits per heavy atom. The molecule has 0 radical (unpaired) electrons. The van der Waals surface area contributed by atoms with Gasteiger partial charge in [0, 0.05) is 21.6 Å². The number of nitrogens with one attached hydrogen (secondary N) is 1. The zero-order valence-electron chi connectivity index (χ0n) is 19.8. The summed E-state index contributed by atoms with van der Waals surface area (Å²) in [5.41, 5.74) is -2.67. The lowest BCUT2D eigenvalue weighted by atomic mass is 9.63. The van der Waals surface area contributed by atoms with Crippen LogP contribution in [0.15, 0.2) is 0 Å². The van der Waals surface area contributed by atoms with Gasteiger partial charge in [0.05, 0.1) is 17.6 Å². The number of aliphatic carboxylic acids is 1. The van der Waals surface area contributed by atoms with Crippen molar-refractivity contribution < 1.29 is 27.6 Å². The first-order valence-electron chi connectivity index (χ1n) is 9.85. The van der Waals surface area contributed by atoms with Gasteiger partial charge in [-0.25, -0.2) is 13.1 Å². The van der Waals surface area contributed by atoms with Crippen LogP contribution in [0, 0.1) is 10.8 Å². The topological polar surface area (TPSA) is 102 Å². The molecule has 0 aromatic carbocycles. The Kier molecular flexibility index (Phi) is 9.39. The first kappa shape index (κ1) is 28.7. The van der Waals surface area contributed by atoms with Crippen molar-refractivity contribution in [1.29, 1.82) is 0 Å². The average molecular weight is 456 g/mol. The molecule has 0 spiro atoms. The van der Waals surface area contributed by atoms with E-state index >= 15 is 0 Å². The van der Waals surface area contributed by atoms with Crippen molar-refractivity contribution in [3.05, 3.63) is 0 Å². The number of ether oxygens (including phenoxy) is 1. The van der Waals surface area contributed by atoms with Crippen LogP contribution in [0.2, 0.25) is 0 Å². The predicted octanol–water partition coefficient (Wildman–Crippen LogP) is 3.98. The number of rotatable bonds is 13. The van der Waals surface area contributed by atoms with Crippen LogP contribution in [0.5, 0.6) is 0 Å². The van der Waals surface area contributed by atoms with E-state index in [2.05, 4.69) is 14.2 Å². The van der Waals surface area contributed by atoms with E-state index in [1.807, 2.05) is 41.5 Å². The molecular formula is C20H42NO6PS. The highest BCUT2D eigenvalue weighted by Gasteiger charge is 2.46. The van der Waals surface area contributed by atoms with Gasteiger partial charge in [-0.2, -0.15) is 0 Å². The summed E-state index contributed by atoms with van der Waals surface area (Å²) < 4.78 is 38.1. The van der Waals surface area contributed by atoms with Gasteiger partial charge < -0.3 is 14.4 Å². The third-order valence-corrected chi connectivity index (χ3v) is 8.44. The Labute approximate surface area is 180 Å². The molecule has 0 amide bonds. The van der Waals surface area contributed by atoms with E-state index in [1.54, 1.807) is 27.7 Å². The van der Waals surface area contributed by atoms with Crippen LogP contribution in [-0.4, -0.2) is 48.6 Å². The second kappa shape index (κ2) is 9.47. The highest BCUT2D eigenvalue weighted by Crippen LogP contribution is 2.45. The molecule has 0 rings (SSSR count). The maximum absolute atomic E-state index is 12.7. The summed E-state index contributed by atoms with van der Waals surface area (Å²) in [5.74, 6) is -0.842. The van der Waals surface area contributed by atoms with Gasteiger partial charge in [0.15, 0.2) is 0 Å². The van der Waals surface area contributed by atoms with Crippen LogP contribution in [0.3, 0.4) is 0 Å². The van der Waals surface area contributed by atoms with Crippen molar-refractivity contribution in [2.24, 2.45) is 10.8 Å².